The van der Waals surface area contributed by atoms with Crippen LogP contribution in [0, 0.1) is 0 Å². The molecule has 0 atom stereocenters. The Labute approximate surface area is 502 Å². The van der Waals surface area contributed by atoms with Gasteiger partial charge >= 0.3 is 0 Å². The zero-order valence-electron chi connectivity index (χ0n) is 46.9. The van der Waals surface area contributed by atoms with E-state index in [0.717, 1.165) is 138 Å². The second-order valence-corrected chi connectivity index (χ2v) is 21.9. The molecule has 10 heterocycles. The van der Waals surface area contributed by atoms with Crippen molar-refractivity contribution in [1.29, 1.82) is 0 Å². The van der Waals surface area contributed by atoms with E-state index in [2.05, 4.69) is 206 Å². The van der Waals surface area contributed by atoms with Gasteiger partial charge in [0.25, 0.3) is 0 Å². The molecule has 0 aliphatic heterocycles. The Morgan fingerprint density at radius 1 is 0.205 bits per heavy atom. The molecular weight excluding hydrogens is 1080 g/mol. The molecule has 0 N–H and O–H groups in total. The number of fused-ring (bicyclic) bond motifs is 12. The summed E-state index contributed by atoms with van der Waals surface area (Å²) in [5.74, 6) is 1.41. The van der Waals surface area contributed by atoms with E-state index in [1.165, 1.54) is 0 Å². The molecule has 0 saturated carbocycles. The minimum absolute atomic E-state index is 0.412. The summed E-state index contributed by atoms with van der Waals surface area (Å²) in [6, 6.07) is 88.3. The third-order valence-corrected chi connectivity index (χ3v) is 17.0. The van der Waals surface area contributed by atoms with Gasteiger partial charge in [-0.3, -0.25) is 19.9 Å². The van der Waals surface area contributed by atoms with Gasteiger partial charge in [0, 0.05) is 68.6 Å². The molecule has 0 radical (unpaired) electrons. The van der Waals surface area contributed by atoms with E-state index in [9.17, 15) is 0 Å². The van der Waals surface area contributed by atoms with Gasteiger partial charge in [0.2, 0.25) is 0 Å². The highest BCUT2D eigenvalue weighted by atomic mass is 15.2. The molecule has 18 aromatic rings. The van der Waals surface area contributed by atoms with Gasteiger partial charge in [0.15, 0.2) is 17.5 Å². The molecule has 0 bridgehead atoms. The minimum Gasteiger partial charge on any atom is -0.305 e. The van der Waals surface area contributed by atoms with E-state index in [1.807, 2.05) is 91.5 Å². The van der Waals surface area contributed by atoms with Crippen LogP contribution in [-0.4, -0.2) is 58.1 Å². The Balaban J connectivity index is 1.22. The summed E-state index contributed by atoms with van der Waals surface area (Å²) in [5.41, 5.74) is 19.2. The molecule has 0 saturated heterocycles. The van der Waals surface area contributed by atoms with Crippen molar-refractivity contribution in [3.63, 3.8) is 0 Å². The number of aromatic nitrogens is 12. The first-order valence-corrected chi connectivity index (χ1v) is 29.3. The quantitative estimate of drug-likeness (QED) is 0.140. The third-order valence-electron chi connectivity index (χ3n) is 17.0. The highest BCUT2D eigenvalue weighted by Crippen LogP contribution is 2.54. The molecule has 88 heavy (non-hydrogen) atoms. The molecule has 12 heteroatoms. The van der Waals surface area contributed by atoms with Crippen LogP contribution in [0.5, 0.6) is 0 Å². The van der Waals surface area contributed by atoms with Crippen molar-refractivity contribution in [3.05, 3.63) is 280 Å². The maximum atomic E-state index is 5.92. The molecule has 8 aromatic carbocycles. The van der Waals surface area contributed by atoms with E-state index >= 15 is 0 Å². The zero-order chi connectivity index (χ0) is 57.8. The van der Waals surface area contributed by atoms with Gasteiger partial charge in [-0.1, -0.05) is 170 Å². The van der Waals surface area contributed by atoms with E-state index in [0.29, 0.717) is 28.7 Å². The first kappa shape index (κ1) is 49.2. The second kappa shape index (κ2) is 19.7. The van der Waals surface area contributed by atoms with Crippen molar-refractivity contribution in [2.75, 3.05) is 0 Å². The van der Waals surface area contributed by atoms with E-state index in [-0.39, 0.29) is 0 Å². The maximum absolute atomic E-state index is 5.92. The monoisotopic (exact) mass is 1130 g/mol. The topological polar surface area (TPSA) is 123 Å². The number of rotatable bonds is 9. The molecular formula is C76H46N12. The van der Waals surface area contributed by atoms with Gasteiger partial charge in [0.05, 0.1) is 106 Å². The fraction of sp³-hybridized carbons (Fsp3) is 0. The second-order valence-electron chi connectivity index (χ2n) is 21.9. The van der Waals surface area contributed by atoms with Crippen LogP contribution >= 0.6 is 0 Å². The van der Waals surface area contributed by atoms with Gasteiger partial charge in [-0.05, 0) is 84.9 Å². The van der Waals surface area contributed by atoms with Crippen molar-refractivity contribution in [1.82, 2.24) is 58.1 Å². The fourth-order valence-electron chi connectivity index (χ4n) is 13.4. The summed E-state index contributed by atoms with van der Waals surface area (Å²) < 4.78 is 9.65. The molecule has 0 aliphatic rings. The van der Waals surface area contributed by atoms with Crippen LogP contribution in [-0.2, 0) is 0 Å². The number of pyridine rings is 5. The molecule has 0 spiro atoms. The first-order valence-electron chi connectivity index (χ1n) is 29.3. The van der Waals surface area contributed by atoms with Crippen LogP contribution in [0.1, 0.15) is 0 Å². The molecule has 10 aromatic heterocycles. The van der Waals surface area contributed by atoms with Crippen molar-refractivity contribution < 1.29 is 0 Å². The minimum atomic E-state index is 0.412. The lowest BCUT2D eigenvalue weighted by molar-refractivity contribution is 1.01. The van der Waals surface area contributed by atoms with Gasteiger partial charge < -0.3 is 18.3 Å². The van der Waals surface area contributed by atoms with Crippen LogP contribution in [0.15, 0.2) is 280 Å². The lowest BCUT2D eigenvalue weighted by Crippen LogP contribution is -2.17. The number of para-hydroxylation sites is 4. The molecule has 0 fully saturated rings. The van der Waals surface area contributed by atoms with Crippen molar-refractivity contribution in [2.24, 2.45) is 0 Å². The van der Waals surface area contributed by atoms with Gasteiger partial charge in [-0.2, -0.15) is 0 Å². The van der Waals surface area contributed by atoms with E-state index in [4.69, 9.17) is 39.9 Å². The first-order chi connectivity index (χ1) is 43.7. The van der Waals surface area contributed by atoms with Crippen LogP contribution in [0.3, 0.4) is 0 Å². The highest BCUT2D eigenvalue weighted by Gasteiger charge is 2.37. The average molecular weight is 1130 g/mol. The average Bonchev–Trinajstić information content (AvgIpc) is 1.49. The summed E-state index contributed by atoms with van der Waals surface area (Å²) in [5, 5.41) is 3.91. The fourth-order valence-corrected chi connectivity index (χ4v) is 13.4. The molecule has 410 valence electrons. The predicted octanol–water partition coefficient (Wildman–Crippen LogP) is 17.6. The maximum Gasteiger partial charge on any atom is 0.167 e. The van der Waals surface area contributed by atoms with Crippen LogP contribution < -0.4 is 0 Å². The van der Waals surface area contributed by atoms with Crippen molar-refractivity contribution >= 4 is 87.7 Å². The predicted molar refractivity (Wildman–Crippen MR) is 353 cm³/mol. The van der Waals surface area contributed by atoms with Gasteiger partial charge in [0.1, 0.15) is 0 Å². The standard InChI is InChI=1S/C76H46N12/c1-4-23-47(24-5-1)54-33-18-34-55(81-54)64-65(76-83-74(48-25-6-2-7-26-48)82-75(84-76)49-27-8-3-9-28-49)71(86-57-36-15-11-30-51(57)67-61(86)40-20-44-78-67)73(88-59-38-17-13-32-53(59)69-63(88)42-22-46-80-69)72(87-58-37-16-12-31-52(58)68-62(87)41-21-45-79-68)70(64)85-56-35-14-10-29-50(56)66-60(85)39-19-43-77-66/h1-46H. The Morgan fingerprint density at radius 2 is 0.511 bits per heavy atom. The zero-order valence-corrected chi connectivity index (χ0v) is 46.9. The highest BCUT2D eigenvalue weighted by molar-refractivity contribution is 6.17. The molecule has 0 aliphatic carbocycles. The van der Waals surface area contributed by atoms with Gasteiger partial charge in [-0.15, -0.1) is 0 Å². The van der Waals surface area contributed by atoms with E-state index < -0.39 is 0 Å². The summed E-state index contributed by atoms with van der Waals surface area (Å²) in [6.45, 7) is 0. The number of benzene rings is 8. The lowest BCUT2D eigenvalue weighted by atomic mass is 9.93. The third kappa shape index (κ3) is 7.39. The lowest BCUT2D eigenvalue weighted by Gasteiger charge is -2.30. The summed E-state index contributed by atoms with van der Waals surface area (Å²) in [7, 11) is 0. The summed E-state index contributed by atoms with van der Waals surface area (Å²) in [6.07, 6.45) is 7.53. The van der Waals surface area contributed by atoms with Crippen LogP contribution in [0.2, 0.25) is 0 Å². The molecule has 0 amide bonds. The normalized spacial score (nSPS) is 11.9. The summed E-state index contributed by atoms with van der Waals surface area (Å²) in [4.78, 5) is 44.0. The number of nitrogens with zero attached hydrogens (tertiary/aromatic N) is 12. The number of hydrogen-bond donors (Lipinski definition) is 0. The van der Waals surface area contributed by atoms with Crippen LogP contribution in [0.25, 0.3) is 167 Å². The van der Waals surface area contributed by atoms with Gasteiger partial charge in [-0.25, -0.2) is 19.9 Å². The molecule has 18 rings (SSSR count). The molecule has 12 nitrogen and oxygen atoms in total. The van der Waals surface area contributed by atoms with Crippen molar-refractivity contribution in [2.45, 2.75) is 0 Å². The number of hydrogen-bond acceptors (Lipinski definition) is 8. The smallest absolute Gasteiger partial charge is 0.167 e. The Morgan fingerprint density at radius 3 is 0.909 bits per heavy atom. The Hall–Kier alpha value is -12.3. The summed E-state index contributed by atoms with van der Waals surface area (Å²) >= 11 is 0. The largest absolute Gasteiger partial charge is 0.305 e. The Bertz CT molecular complexity index is 5550. The molecule has 0 unspecified atom stereocenters. The Kier molecular flexibility index (Phi) is 11.0. The van der Waals surface area contributed by atoms with Crippen LogP contribution in [0.4, 0.5) is 0 Å². The van der Waals surface area contributed by atoms with Crippen molar-refractivity contribution in [3.8, 4) is 79.4 Å². The SMILES string of the molecule is c1ccc(-c2cccc(-c3c(-c4nc(-c5ccccc5)nc(-c5ccccc5)n4)c(-n4c5ccccc5c5ncccc54)c(-n4c5ccccc5c5ncccc54)c(-n4c5ccccc5c5ncccc54)c3-n3c4ccccc4c4ncccc43)n2)cc1. The van der Waals surface area contributed by atoms with E-state index in [1.54, 1.807) is 0 Å².